The van der Waals surface area contributed by atoms with E-state index >= 15 is 0 Å². The molecular weight excluding hydrogens is 288 g/mol. The number of rotatable bonds is 6. The van der Waals surface area contributed by atoms with Crippen molar-refractivity contribution in [2.75, 3.05) is 0 Å². The predicted octanol–water partition coefficient (Wildman–Crippen LogP) is 2.59. The third kappa shape index (κ3) is 4.63. The van der Waals surface area contributed by atoms with Crippen molar-refractivity contribution in [3.8, 4) is 0 Å². The van der Waals surface area contributed by atoms with Gasteiger partial charge in [0.05, 0.1) is 12.5 Å². The Morgan fingerprint density at radius 1 is 1.38 bits per heavy atom. The van der Waals surface area contributed by atoms with E-state index in [0.29, 0.717) is 17.6 Å². The summed E-state index contributed by atoms with van der Waals surface area (Å²) in [5, 5.41) is 9.70. The molecule has 2 rings (SSSR count). The molecule has 0 aliphatic carbocycles. The highest BCUT2D eigenvalue weighted by atomic mass is 32.1. The lowest BCUT2D eigenvalue weighted by atomic mass is 10.0. The molecule has 1 unspecified atom stereocenters. The van der Waals surface area contributed by atoms with Crippen LogP contribution in [-0.4, -0.2) is 21.0 Å². The number of nitrogens with one attached hydrogen (secondary N) is 1. The fourth-order valence-corrected chi connectivity index (χ4v) is 2.89. The quantitative estimate of drug-likeness (QED) is 0.887. The monoisotopic (exact) mass is 308 g/mol. The third-order valence-corrected chi connectivity index (χ3v) is 3.94. The Morgan fingerprint density at radius 3 is 2.67 bits per heavy atom. The maximum Gasteiger partial charge on any atom is 0.228 e. The molecule has 0 fully saturated rings. The van der Waals surface area contributed by atoms with Crippen LogP contribution in [-0.2, 0) is 11.2 Å². The second-order valence-corrected chi connectivity index (χ2v) is 6.37. The summed E-state index contributed by atoms with van der Waals surface area (Å²) >= 11 is 1.58. The first-order chi connectivity index (χ1) is 9.94. The SMILES string of the molecule is Cc1csc(C(CC(C)C)NC(=O)Cc2noc(C)n2)n1. The number of carbonyl (C=O) groups is 1. The van der Waals surface area contributed by atoms with Crippen molar-refractivity contribution in [3.05, 3.63) is 27.8 Å². The number of amides is 1. The van der Waals surface area contributed by atoms with Crippen molar-refractivity contribution >= 4 is 17.2 Å². The molecule has 2 aromatic heterocycles. The Balaban J connectivity index is 2.02. The lowest BCUT2D eigenvalue weighted by Crippen LogP contribution is -2.31. The van der Waals surface area contributed by atoms with Crippen LogP contribution < -0.4 is 5.32 Å². The van der Waals surface area contributed by atoms with Crippen molar-refractivity contribution in [1.29, 1.82) is 0 Å². The lowest BCUT2D eigenvalue weighted by molar-refractivity contribution is -0.121. The van der Waals surface area contributed by atoms with Crippen LogP contribution >= 0.6 is 11.3 Å². The average molecular weight is 308 g/mol. The van der Waals surface area contributed by atoms with Crippen LogP contribution in [0.1, 0.15) is 48.7 Å². The summed E-state index contributed by atoms with van der Waals surface area (Å²) in [5.74, 6) is 1.22. The van der Waals surface area contributed by atoms with Gasteiger partial charge in [-0.1, -0.05) is 19.0 Å². The van der Waals surface area contributed by atoms with E-state index in [1.165, 1.54) is 0 Å². The van der Waals surface area contributed by atoms with Gasteiger partial charge in [0.2, 0.25) is 11.8 Å². The topological polar surface area (TPSA) is 80.9 Å². The molecule has 0 bridgehead atoms. The summed E-state index contributed by atoms with van der Waals surface area (Å²) in [5.41, 5.74) is 0.979. The number of carbonyl (C=O) groups excluding carboxylic acids is 1. The molecule has 114 valence electrons. The molecule has 0 aliphatic heterocycles. The smallest absolute Gasteiger partial charge is 0.228 e. The van der Waals surface area contributed by atoms with E-state index in [0.717, 1.165) is 17.1 Å². The lowest BCUT2D eigenvalue weighted by Gasteiger charge is -2.18. The van der Waals surface area contributed by atoms with Gasteiger partial charge in [0.25, 0.3) is 0 Å². The van der Waals surface area contributed by atoms with Gasteiger partial charge in [-0.05, 0) is 19.3 Å². The van der Waals surface area contributed by atoms with E-state index in [2.05, 4.69) is 34.3 Å². The summed E-state index contributed by atoms with van der Waals surface area (Å²) in [6.45, 7) is 7.91. The molecule has 21 heavy (non-hydrogen) atoms. The maximum atomic E-state index is 12.1. The largest absolute Gasteiger partial charge is 0.346 e. The first-order valence-electron chi connectivity index (χ1n) is 6.94. The zero-order valence-electron chi connectivity index (χ0n) is 12.7. The van der Waals surface area contributed by atoms with Crippen molar-refractivity contribution in [3.63, 3.8) is 0 Å². The Hall–Kier alpha value is -1.76. The van der Waals surface area contributed by atoms with E-state index in [-0.39, 0.29) is 18.4 Å². The summed E-state index contributed by atoms with van der Waals surface area (Å²) in [6, 6.07) is -0.0656. The molecule has 1 amide bonds. The van der Waals surface area contributed by atoms with Crippen LogP contribution in [0.2, 0.25) is 0 Å². The average Bonchev–Trinajstić information content (AvgIpc) is 2.97. The van der Waals surface area contributed by atoms with Gasteiger partial charge < -0.3 is 9.84 Å². The molecule has 6 nitrogen and oxygen atoms in total. The fraction of sp³-hybridized carbons (Fsp3) is 0.571. The molecule has 2 heterocycles. The number of aromatic nitrogens is 3. The molecule has 1 atom stereocenters. The van der Waals surface area contributed by atoms with Crippen molar-refractivity contribution in [1.82, 2.24) is 20.4 Å². The third-order valence-electron chi connectivity index (χ3n) is 2.87. The molecule has 0 saturated carbocycles. The predicted molar refractivity (Wildman–Crippen MR) is 79.9 cm³/mol. The molecule has 0 aromatic carbocycles. The number of thiazole rings is 1. The Kier molecular flexibility index (Phi) is 5.06. The molecular formula is C14H20N4O2S. The summed E-state index contributed by atoms with van der Waals surface area (Å²) in [7, 11) is 0. The van der Waals surface area contributed by atoms with E-state index in [4.69, 9.17) is 4.52 Å². The summed E-state index contributed by atoms with van der Waals surface area (Å²) in [6.07, 6.45) is 0.972. The van der Waals surface area contributed by atoms with Crippen molar-refractivity contribution < 1.29 is 9.32 Å². The first kappa shape index (κ1) is 15.6. The van der Waals surface area contributed by atoms with Crippen LogP contribution in [0.15, 0.2) is 9.90 Å². The van der Waals surface area contributed by atoms with Crippen LogP contribution in [0.5, 0.6) is 0 Å². The van der Waals surface area contributed by atoms with Gasteiger partial charge in [-0.15, -0.1) is 11.3 Å². The van der Waals surface area contributed by atoms with Gasteiger partial charge in [-0.3, -0.25) is 4.79 Å². The number of aryl methyl sites for hydroxylation is 2. The van der Waals surface area contributed by atoms with Crippen LogP contribution in [0.25, 0.3) is 0 Å². The zero-order chi connectivity index (χ0) is 15.4. The van der Waals surface area contributed by atoms with Gasteiger partial charge in [0.15, 0.2) is 5.82 Å². The Morgan fingerprint density at radius 2 is 2.14 bits per heavy atom. The fourth-order valence-electron chi connectivity index (χ4n) is 2.03. The molecule has 0 saturated heterocycles. The first-order valence-corrected chi connectivity index (χ1v) is 7.82. The number of hydrogen-bond acceptors (Lipinski definition) is 6. The van der Waals surface area contributed by atoms with E-state index in [1.807, 2.05) is 12.3 Å². The van der Waals surface area contributed by atoms with Gasteiger partial charge in [-0.2, -0.15) is 4.98 Å². The van der Waals surface area contributed by atoms with Gasteiger partial charge in [0, 0.05) is 18.0 Å². The van der Waals surface area contributed by atoms with Crippen LogP contribution in [0.3, 0.4) is 0 Å². The highest BCUT2D eigenvalue weighted by molar-refractivity contribution is 7.09. The molecule has 0 aliphatic rings. The van der Waals surface area contributed by atoms with Crippen LogP contribution in [0.4, 0.5) is 0 Å². The van der Waals surface area contributed by atoms with Crippen molar-refractivity contribution in [2.24, 2.45) is 5.92 Å². The van der Waals surface area contributed by atoms with Gasteiger partial charge in [-0.25, -0.2) is 4.98 Å². The molecule has 1 N–H and O–H groups in total. The standard InChI is InChI=1S/C14H20N4O2S/c1-8(2)5-11(14-15-9(3)7-21-14)17-13(19)6-12-16-10(4)20-18-12/h7-8,11H,5-6H2,1-4H3,(H,17,19). The Bertz CT molecular complexity index is 606. The van der Waals surface area contributed by atoms with E-state index in [9.17, 15) is 4.79 Å². The van der Waals surface area contributed by atoms with Crippen molar-refractivity contribution in [2.45, 2.75) is 46.6 Å². The minimum atomic E-state index is -0.116. The highest BCUT2D eigenvalue weighted by Gasteiger charge is 2.20. The number of hydrogen-bond donors (Lipinski definition) is 1. The zero-order valence-corrected chi connectivity index (χ0v) is 13.5. The summed E-state index contributed by atoms with van der Waals surface area (Å²) < 4.78 is 4.87. The Labute approximate surface area is 128 Å². The van der Waals surface area contributed by atoms with Gasteiger partial charge in [0.1, 0.15) is 5.01 Å². The van der Waals surface area contributed by atoms with E-state index < -0.39 is 0 Å². The summed E-state index contributed by atoms with van der Waals surface area (Å²) in [4.78, 5) is 20.7. The second kappa shape index (κ2) is 6.80. The minimum absolute atomic E-state index is 0.0656. The maximum absolute atomic E-state index is 12.1. The molecule has 7 heteroatoms. The minimum Gasteiger partial charge on any atom is -0.346 e. The van der Waals surface area contributed by atoms with E-state index in [1.54, 1.807) is 18.3 Å². The molecule has 0 spiro atoms. The highest BCUT2D eigenvalue weighted by Crippen LogP contribution is 2.24. The second-order valence-electron chi connectivity index (χ2n) is 5.48. The number of nitrogens with zero attached hydrogens (tertiary/aromatic N) is 3. The van der Waals surface area contributed by atoms with Gasteiger partial charge >= 0.3 is 0 Å². The van der Waals surface area contributed by atoms with Crippen LogP contribution in [0, 0.1) is 19.8 Å². The molecule has 0 radical (unpaired) electrons. The normalized spacial score (nSPS) is 12.6. The molecule has 2 aromatic rings.